The van der Waals surface area contributed by atoms with Crippen LogP contribution in [0.3, 0.4) is 0 Å². The molecule has 0 atom stereocenters. The van der Waals surface area contributed by atoms with Gasteiger partial charge in [0.05, 0.1) is 13.3 Å². The fourth-order valence-electron chi connectivity index (χ4n) is 3.86. The van der Waals surface area contributed by atoms with Gasteiger partial charge >= 0.3 is 5.97 Å². The second-order valence-corrected chi connectivity index (χ2v) is 7.79. The third kappa shape index (κ3) is 4.34. The van der Waals surface area contributed by atoms with Crippen molar-refractivity contribution in [2.75, 3.05) is 19.7 Å². The highest BCUT2D eigenvalue weighted by Crippen LogP contribution is 2.27. The van der Waals surface area contributed by atoms with Crippen molar-refractivity contribution < 1.29 is 19.1 Å². The predicted octanol–water partition coefficient (Wildman–Crippen LogP) is 2.81. The van der Waals surface area contributed by atoms with E-state index in [1.807, 2.05) is 42.3 Å². The molecule has 8 heteroatoms. The number of rotatable bonds is 7. The molecule has 31 heavy (non-hydrogen) atoms. The minimum atomic E-state index is -0.688. The van der Waals surface area contributed by atoms with Gasteiger partial charge in [-0.1, -0.05) is 43.7 Å². The normalized spacial score (nSPS) is 15.9. The lowest BCUT2D eigenvalue weighted by atomic mass is 10.1. The molecule has 0 spiro atoms. The number of amides is 1. The molecule has 2 aromatic rings. The number of carbonyl (C=O) groups is 2. The molecule has 0 N–H and O–H groups in total. The highest BCUT2D eigenvalue weighted by Gasteiger charge is 2.37. The van der Waals surface area contributed by atoms with Crippen molar-refractivity contribution >= 4 is 11.9 Å². The summed E-state index contributed by atoms with van der Waals surface area (Å²) in [7, 11) is 0. The Balaban J connectivity index is 1.73. The van der Waals surface area contributed by atoms with E-state index in [9.17, 15) is 14.4 Å². The van der Waals surface area contributed by atoms with Crippen molar-refractivity contribution in [2.24, 2.45) is 0 Å². The smallest absolute Gasteiger partial charge is 0.343 e. The van der Waals surface area contributed by atoms with E-state index in [-0.39, 0.29) is 36.1 Å². The van der Waals surface area contributed by atoms with E-state index in [4.69, 9.17) is 9.47 Å². The molecule has 0 saturated carbocycles. The molecule has 1 saturated heterocycles. The van der Waals surface area contributed by atoms with E-state index in [2.05, 4.69) is 0 Å². The molecule has 8 nitrogen and oxygen atoms in total. The van der Waals surface area contributed by atoms with E-state index in [1.165, 1.54) is 6.20 Å². The molecule has 4 rings (SSSR count). The van der Waals surface area contributed by atoms with E-state index in [0.717, 1.165) is 37.8 Å². The average molecular weight is 425 g/mol. The summed E-state index contributed by atoms with van der Waals surface area (Å²) < 4.78 is 12.8. The summed E-state index contributed by atoms with van der Waals surface area (Å²) in [5.41, 5.74) is 0.326. The van der Waals surface area contributed by atoms with Gasteiger partial charge in [-0.2, -0.15) is 5.01 Å². The zero-order chi connectivity index (χ0) is 21.8. The Hall–Kier alpha value is -3.13. The van der Waals surface area contributed by atoms with E-state index < -0.39 is 11.4 Å². The Bertz CT molecular complexity index is 1020. The number of nitrogens with zero attached hydrogens (tertiary/aromatic N) is 3. The minimum Gasteiger partial charge on any atom is -0.483 e. The van der Waals surface area contributed by atoms with Crippen LogP contribution in [0.1, 0.15) is 59.0 Å². The van der Waals surface area contributed by atoms with Crippen molar-refractivity contribution in [3.63, 3.8) is 0 Å². The lowest BCUT2D eigenvalue weighted by Gasteiger charge is -2.43. The number of hydrazine groups is 1. The van der Waals surface area contributed by atoms with Crippen LogP contribution >= 0.6 is 0 Å². The van der Waals surface area contributed by atoms with Gasteiger partial charge in [0.1, 0.15) is 12.2 Å². The lowest BCUT2D eigenvalue weighted by Crippen LogP contribution is -2.55. The van der Waals surface area contributed by atoms with Gasteiger partial charge in [-0.05, 0) is 24.8 Å². The fourth-order valence-corrected chi connectivity index (χ4v) is 3.86. The predicted molar refractivity (Wildman–Crippen MR) is 114 cm³/mol. The molecule has 2 aliphatic rings. The first kappa shape index (κ1) is 21.1. The highest BCUT2D eigenvalue weighted by molar-refractivity contribution is 5.97. The number of fused-ring (bicyclic) bond motifs is 2. The number of hydrogen-bond donors (Lipinski definition) is 0. The van der Waals surface area contributed by atoms with Crippen LogP contribution in [0.4, 0.5) is 0 Å². The topological polar surface area (TPSA) is 81.1 Å². The fraction of sp³-hybridized carbons (Fsp3) is 0.435. The van der Waals surface area contributed by atoms with E-state index in [0.29, 0.717) is 13.2 Å². The third-order valence-electron chi connectivity index (χ3n) is 5.55. The molecule has 3 heterocycles. The monoisotopic (exact) mass is 425 g/mol. The molecule has 0 aliphatic carbocycles. The van der Waals surface area contributed by atoms with Crippen molar-refractivity contribution in [1.29, 1.82) is 0 Å². The van der Waals surface area contributed by atoms with Gasteiger partial charge < -0.3 is 14.0 Å². The number of ether oxygens (including phenoxy) is 2. The summed E-state index contributed by atoms with van der Waals surface area (Å²) in [5, 5.41) is 3.61. The number of pyridine rings is 1. The summed E-state index contributed by atoms with van der Waals surface area (Å²) in [6.07, 6.45) is 4.93. The van der Waals surface area contributed by atoms with Gasteiger partial charge in [-0.15, -0.1) is 0 Å². The standard InChI is InChI=1S/C23H27N3O5/c1-2-3-13-30-23(29)18-14-24-16-25-11-7-8-12-26(25)22(28)19(24)21(20(18)27)31-15-17-9-5-4-6-10-17/h4-6,9-10,14H,2-3,7-8,11-13,15-16H2,1H3. The lowest BCUT2D eigenvalue weighted by molar-refractivity contribution is -0.0623. The minimum absolute atomic E-state index is 0.0935. The number of unbranched alkanes of at least 4 members (excludes halogenated alkanes) is 1. The second kappa shape index (κ2) is 9.34. The number of aromatic nitrogens is 1. The van der Waals surface area contributed by atoms with Crippen molar-refractivity contribution in [3.8, 4) is 5.75 Å². The number of benzene rings is 1. The highest BCUT2D eigenvalue weighted by atomic mass is 16.5. The van der Waals surface area contributed by atoms with Crippen LogP contribution in [-0.2, 0) is 18.0 Å². The van der Waals surface area contributed by atoms with Gasteiger partial charge in [-0.3, -0.25) is 14.6 Å². The summed E-state index contributed by atoms with van der Waals surface area (Å²) in [5.74, 6) is -1.06. The summed E-state index contributed by atoms with van der Waals surface area (Å²) >= 11 is 0. The molecule has 1 aromatic carbocycles. The molecule has 0 radical (unpaired) electrons. The van der Waals surface area contributed by atoms with Gasteiger partial charge in [0.25, 0.3) is 5.91 Å². The molecule has 2 aliphatic heterocycles. The Morgan fingerprint density at radius 2 is 1.87 bits per heavy atom. The van der Waals surface area contributed by atoms with Crippen LogP contribution in [0, 0.1) is 0 Å². The van der Waals surface area contributed by atoms with Gasteiger partial charge in [0, 0.05) is 19.3 Å². The van der Waals surface area contributed by atoms with Crippen LogP contribution < -0.4 is 10.2 Å². The molecular weight excluding hydrogens is 398 g/mol. The number of carbonyl (C=O) groups excluding carboxylic acids is 2. The molecule has 1 amide bonds. The average Bonchev–Trinajstić information content (AvgIpc) is 2.79. The molecule has 164 valence electrons. The van der Waals surface area contributed by atoms with Crippen molar-refractivity contribution in [1.82, 2.24) is 14.6 Å². The zero-order valence-corrected chi connectivity index (χ0v) is 17.7. The Morgan fingerprint density at radius 3 is 2.65 bits per heavy atom. The van der Waals surface area contributed by atoms with E-state index in [1.54, 1.807) is 9.58 Å². The third-order valence-corrected chi connectivity index (χ3v) is 5.55. The van der Waals surface area contributed by atoms with Gasteiger partial charge in [0.2, 0.25) is 5.43 Å². The van der Waals surface area contributed by atoms with Gasteiger partial charge in [0.15, 0.2) is 11.4 Å². The number of hydrogen-bond acceptors (Lipinski definition) is 6. The quantitative estimate of drug-likeness (QED) is 0.501. The SMILES string of the molecule is CCCCOC(=O)c1cn2c(c(OCc3ccccc3)c1=O)C(=O)N1CCCCN1C2. The Morgan fingerprint density at radius 1 is 1.10 bits per heavy atom. The second-order valence-electron chi connectivity index (χ2n) is 7.79. The zero-order valence-electron chi connectivity index (χ0n) is 17.7. The first-order chi connectivity index (χ1) is 15.1. The Kier molecular flexibility index (Phi) is 6.36. The first-order valence-corrected chi connectivity index (χ1v) is 10.8. The molecule has 1 fully saturated rings. The molecule has 0 bridgehead atoms. The van der Waals surface area contributed by atoms with Crippen LogP contribution in [0.2, 0.25) is 0 Å². The summed E-state index contributed by atoms with van der Waals surface area (Å²) in [4.78, 5) is 39.1. The van der Waals surface area contributed by atoms with Crippen LogP contribution in [0.5, 0.6) is 5.75 Å². The van der Waals surface area contributed by atoms with E-state index >= 15 is 0 Å². The van der Waals surface area contributed by atoms with Crippen LogP contribution in [0.15, 0.2) is 41.3 Å². The van der Waals surface area contributed by atoms with Crippen molar-refractivity contribution in [2.45, 2.75) is 45.9 Å². The maximum absolute atomic E-state index is 13.3. The van der Waals surface area contributed by atoms with Crippen LogP contribution in [0.25, 0.3) is 0 Å². The van der Waals surface area contributed by atoms with Crippen LogP contribution in [-0.4, -0.2) is 46.2 Å². The maximum atomic E-state index is 13.3. The molecule has 1 aromatic heterocycles. The largest absolute Gasteiger partial charge is 0.483 e. The maximum Gasteiger partial charge on any atom is 0.343 e. The number of esters is 1. The Labute approximate surface area is 180 Å². The first-order valence-electron chi connectivity index (χ1n) is 10.8. The molecule has 0 unspecified atom stereocenters. The molecular formula is C23H27N3O5. The summed E-state index contributed by atoms with van der Waals surface area (Å²) in [6.45, 7) is 4.08. The van der Waals surface area contributed by atoms with Crippen molar-refractivity contribution in [3.05, 3.63) is 63.6 Å². The summed E-state index contributed by atoms with van der Waals surface area (Å²) in [6, 6.07) is 9.39. The van der Waals surface area contributed by atoms with Gasteiger partial charge in [-0.25, -0.2) is 4.79 Å².